The average molecular weight is 116 g/mol. The van der Waals surface area contributed by atoms with Gasteiger partial charge in [0.2, 0.25) is 0 Å². The summed E-state index contributed by atoms with van der Waals surface area (Å²) >= 11 is 0. The van der Waals surface area contributed by atoms with E-state index in [4.69, 9.17) is 0 Å². The molecule has 0 fully saturated rings. The van der Waals surface area contributed by atoms with Crippen molar-refractivity contribution in [1.29, 1.82) is 0 Å². The molecule has 1 heteroatoms. The second-order valence-corrected chi connectivity index (χ2v) is 3.27. The van der Waals surface area contributed by atoms with Gasteiger partial charge in [-0.25, -0.2) is 0 Å². The first-order valence-corrected chi connectivity index (χ1v) is 3.41. The smallest absolute Gasteiger partial charge is 0.0889 e. The van der Waals surface area contributed by atoms with Crippen LogP contribution in [0.25, 0.3) is 0 Å². The Morgan fingerprint density at radius 3 is 2.00 bits per heavy atom. The minimum absolute atomic E-state index is 0.302. The maximum atomic E-state index is 4.01. The van der Waals surface area contributed by atoms with Crippen molar-refractivity contribution in [3.05, 3.63) is 0 Å². The summed E-state index contributed by atoms with van der Waals surface area (Å²) in [5, 5.41) is 0. The SMILES string of the molecule is CCCCC(C)(C)[NH3+]. The summed E-state index contributed by atoms with van der Waals surface area (Å²) in [6, 6.07) is 0. The van der Waals surface area contributed by atoms with Crippen LogP contribution in [0.5, 0.6) is 0 Å². The highest BCUT2D eigenvalue weighted by Gasteiger charge is 2.12. The van der Waals surface area contributed by atoms with E-state index < -0.39 is 0 Å². The number of hydrogen-bond donors (Lipinski definition) is 1. The van der Waals surface area contributed by atoms with Crippen molar-refractivity contribution in [3.8, 4) is 0 Å². The third-order valence-corrected chi connectivity index (χ3v) is 1.21. The van der Waals surface area contributed by atoms with Crippen LogP contribution in [0.3, 0.4) is 0 Å². The molecule has 0 spiro atoms. The van der Waals surface area contributed by atoms with Crippen molar-refractivity contribution in [3.63, 3.8) is 0 Å². The van der Waals surface area contributed by atoms with Gasteiger partial charge < -0.3 is 5.73 Å². The van der Waals surface area contributed by atoms with Gasteiger partial charge in [0.05, 0.1) is 5.54 Å². The van der Waals surface area contributed by atoms with E-state index in [1.807, 2.05) is 0 Å². The topological polar surface area (TPSA) is 27.6 Å². The van der Waals surface area contributed by atoms with Crippen LogP contribution in [-0.2, 0) is 0 Å². The minimum atomic E-state index is 0.302. The Labute approximate surface area is 52.3 Å². The maximum Gasteiger partial charge on any atom is 0.0889 e. The van der Waals surface area contributed by atoms with E-state index in [1.165, 1.54) is 19.3 Å². The Hall–Kier alpha value is -0.0400. The van der Waals surface area contributed by atoms with Crippen LogP contribution in [0, 0.1) is 0 Å². The summed E-state index contributed by atoms with van der Waals surface area (Å²) in [5.41, 5.74) is 4.31. The molecule has 0 saturated carbocycles. The first-order chi connectivity index (χ1) is 3.56. The lowest BCUT2D eigenvalue weighted by Crippen LogP contribution is -2.68. The molecule has 0 unspecified atom stereocenters. The van der Waals surface area contributed by atoms with Crippen molar-refractivity contribution in [2.75, 3.05) is 0 Å². The molecule has 0 aromatic rings. The van der Waals surface area contributed by atoms with E-state index in [2.05, 4.69) is 26.5 Å². The van der Waals surface area contributed by atoms with Gasteiger partial charge in [0, 0.05) is 6.42 Å². The van der Waals surface area contributed by atoms with Crippen molar-refractivity contribution in [2.24, 2.45) is 0 Å². The molecule has 0 aromatic heterocycles. The Morgan fingerprint density at radius 2 is 1.88 bits per heavy atom. The molecule has 0 aliphatic carbocycles. The van der Waals surface area contributed by atoms with E-state index in [1.54, 1.807) is 0 Å². The predicted molar refractivity (Wildman–Crippen MR) is 36.5 cm³/mol. The fraction of sp³-hybridized carbons (Fsp3) is 1.00. The zero-order valence-corrected chi connectivity index (χ0v) is 6.33. The van der Waals surface area contributed by atoms with Gasteiger partial charge in [-0.05, 0) is 20.3 Å². The first-order valence-electron chi connectivity index (χ1n) is 3.41. The number of hydrogen-bond acceptors (Lipinski definition) is 0. The largest absolute Gasteiger partial charge is 0.353 e. The lowest BCUT2D eigenvalue weighted by Gasteiger charge is -2.12. The van der Waals surface area contributed by atoms with E-state index in [0.29, 0.717) is 5.54 Å². The monoisotopic (exact) mass is 116 g/mol. The lowest BCUT2D eigenvalue weighted by molar-refractivity contribution is -0.467. The molecule has 0 aliphatic rings. The Bertz CT molecular complexity index is 51.9. The molecule has 50 valence electrons. The quantitative estimate of drug-likeness (QED) is 0.574. The van der Waals surface area contributed by atoms with Gasteiger partial charge >= 0.3 is 0 Å². The summed E-state index contributed by atoms with van der Waals surface area (Å²) in [4.78, 5) is 0. The third-order valence-electron chi connectivity index (χ3n) is 1.21. The van der Waals surface area contributed by atoms with Gasteiger partial charge in [0.1, 0.15) is 0 Å². The zero-order valence-electron chi connectivity index (χ0n) is 6.33. The summed E-state index contributed by atoms with van der Waals surface area (Å²) in [6.07, 6.45) is 3.86. The van der Waals surface area contributed by atoms with E-state index >= 15 is 0 Å². The van der Waals surface area contributed by atoms with Gasteiger partial charge in [0.15, 0.2) is 0 Å². The van der Waals surface area contributed by atoms with Crippen LogP contribution < -0.4 is 5.73 Å². The summed E-state index contributed by atoms with van der Waals surface area (Å²) in [6.45, 7) is 6.58. The second kappa shape index (κ2) is 3.08. The maximum absolute atomic E-state index is 4.01. The lowest BCUT2D eigenvalue weighted by atomic mass is 9.99. The molecular weight excluding hydrogens is 98.1 g/mol. The van der Waals surface area contributed by atoms with Crippen LogP contribution in [0.1, 0.15) is 40.0 Å². The highest BCUT2D eigenvalue weighted by molar-refractivity contribution is 4.61. The van der Waals surface area contributed by atoms with E-state index in [9.17, 15) is 0 Å². The zero-order chi connectivity index (χ0) is 6.62. The van der Waals surface area contributed by atoms with Gasteiger partial charge in [-0.2, -0.15) is 0 Å². The molecule has 0 atom stereocenters. The Kier molecular flexibility index (Phi) is 3.06. The fourth-order valence-corrected chi connectivity index (χ4v) is 0.655. The average Bonchev–Trinajstić information content (AvgIpc) is 1.59. The standard InChI is InChI=1S/C7H17N/c1-4-5-6-7(2,3)8/h4-6,8H2,1-3H3/p+1. The van der Waals surface area contributed by atoms with Crippen LogP contribution in [0.2, 0.25) is 0 Å². The van der Waals surface area contributed by atoms with Crippen LogP contribution >= 0.6 is 0 Å². The third kappa shape index (κ3) is 5.96. The molecule has 0 bridgehead atoms. The molecule has 0 saturated heterocycles. The molecule has 0 aliphatic heterocycles. The van der Waals surface area contributed by atoms with Crippen molar-refractivity contribution in [2.45, 2.75) is 45.6 Å². The fourth-order valence-electron chi connectivity index (χ4n) is 0.655. The molecular formula is C7H18N+. The predicted octanol–water partition coefficient (Wildman–Crippen LogP) is 1.20. The number of rotatable bonds is 3. The molecule has 0 aromatic carbocycles. The molecule has 0 radical (unpaired) electrons. The molecule has 1 nitrogen and oxygen atoms in total. The molecule has 0 rings (SSSR count). The first kappa shape index (κ1) is 7.96. The van der Waals surface area contributed by atoms with E-state index in [-0.39, 0.29) is 0 Å². The van der Waals surface area contributed by atoms with Crippen molar-refractivity contribution < 1.29 is 5.73 Å². The molecule has 3 N–H and O–H groups in total. The molecule has 0 heterocycles. The van der Waals surface area contributed by atoms with Gasteiger partial charge in [-0.3, -0.25) is 0 Å². The highest BCUT2D eigenvalue weighted by Crippen LogP contribution is 2.05. The minimum Gasteiger partial charge on any atom is -0.353 e. The Morgan fingerprint density at radius 1 is 1.38 bits per heavy atom. The summed E-state index contributed by atoms with van der Waals surface area (Å²) < 4.78 is 0. The summed E-state index contributed by atoms with van der Waals surface area (Å²) in [7, 11) is 0. The van der Waals surface area contributed by atoms with Gasteiger partial charge in [-0.1, -0.05) is 13.3 Å². The van der Waals surface area contributed by atoms with Crippen molar-refractivity contribution in [1.82, 2.24) is 0 Å². The number of unbranched alkanes of at least 4 members (excludes halogenated alkanes) is 1. The van der Waals surface area contributed by atoms with Crippen LogP contribution in [-0.4, -0.2) is 5.54 Å². The molecule has 0 amide bonds. The highest BCUT2D eigenvalue weighted by atomic mass is 14.7. The van der Waals surface area contributed by atoms with Crippen molar-refractivity contribution >= 4 is 0 Å². The second-order valence-electron chi connectivity index (χ2n) is 3.27. The normalized spacial score (nSPS) is 12.0. The number of quaternary nitrogens is 1. The van der Waals surface area contributed by atoms with Gasteiger partial charge in [0.25, 0.3) is 0 Å². The van der Waals surface area contributed by atoms with Gasteiger partial charge in [-0.15, -0.1) is 0 Å². The van der Waals surface area contributed by atoms with Crippen LogP contribution in [0.15, 0.2) is 0 Å². The molecule has 8 heavy (non-hydrogen) atoms. The van der Waals surface area contributed by atoms with Crippen LogP contribution in [0.4, 0.5) is 0 Å². The Balaban J connectivity index is 3.11. The van der Waals surface area contributed by atoms with E-state index in [0.717, 1.165) is 0 Å². The summed E-state index contributed by atoms with van der Waals surface area (Å²) in [5.74, 6) is 0.